The second-order valence-electron chi connectivity index (χ2n) is 12.6. The van der Waals surface area contributed by atoms with Gasteiger partial charge >= 0.3 is 9.12 Å². The summed E-state index contributed by atoms with van der Waals surface area (Å²) in [6.07, 6.45) is 4.80. The Labute approximate surface area is 248 Å². The minimum atomic E-state index is -1.55. The van der Waals surface area contributed by atoms with Gasteiger partial charge in [0.25, 0.3) is 0 Å². The van der Waals surface area contributed by atoms with Gasteiger partial charge in [-0.15, -0.1) is 0 Å². The maximum absolute atomic E-state index is 2.62. The Hall–Kier alpha value is -3.96. The maximum Gasteiger partial charge on any atom is 0.311 e. The topological polar surface area (TPSA) is 13.0 Å². The van der Waals surface area contributed by atoms with Gasteiger partial charge in [0.1, 0.15) is 6.17 Å². The van der Waals surface area contributed by atoms with Crippen LogP contribution in [0, 0.1) is 0 Å². The lowest BCUT2D eigenvalue weighted by Gasteiger charge is -2.49. The molecule has 41 heavy (non-hydrogen) atoms. The van der Waals surface area contributed by atoms with Crippen molar-refractivity contribution < 1.29 is 0 Å². The minimum Gasteiger partial charge on any atom is -0.351 e. The molecular formula is C36H43N4Si. The van der Waals surface area contributed by atoms with E-state index in [1.807, 2.05) is 0 Å². The van der Waals surface area contributed by atoms with Crippen LogP contribution in [0.5, 0.6) is 0 Å². The molecule has 1 heterocycles. The van der Waals surface area contributed by atoms with E-state index >= 15 is 0 Å². The van der Waals surface area contributed by atoms with Crippen molar-refractivity contribution in [3.63, 3.8) is 0 Å². The lowest BCUT2D eigenvalue weighted by Crippen LogP contribution is -2.59. The summed E-state index contributed by atoms with van der Waals surface area (Å²) in [4.78, 5) is 5.12. The SMILES string of the molecule is CC(C)(C)N1C=CN(C(C)(C)C)C1C[Si](N(c1ccccc1)c1ccccc1)N(c1ccccc1)c1ccccc1. The van der Waals surface area contributed by atoms with Gasteiger partial charge in [-0.25, -0.2) is 0 Å². The average Bonchev–Trinajstić information content (AvgIpc) is 3.41. The number of hydrogen-bond acceptors (Lipinski definition) is 4. The van der Waals surface area contributed by atoms with Gasteiger partial charge in [0.15, 0.2) is 0 Å². The average molecular weight is 560 g/mol. The molecule has 0 fully saturated rings. The van der Waals surface area contributed by atoms with Crippen LogP contribution in [0.3, 0.4) is 0 Å². The maximum atomic E-state index is 2.62. The monoisotopic (exact) mass is 559 g/mol. The molecule has 4 aromatic rings. The zero-order valence-corrected chi connectivity index (χ0v) is 26.3. The van der Waals surface area contributed by atoms with Crippen LogP contribution in [0.2, 0.25) is 6.04 Å². The van der Waals surface area contributed by atoms with E-state index in [-0.39, 0.29) is 17.2 Å². The highest BCUT2D eigenvalue weighted by Gasteiger charge is 2.44. The third kappa shape index (κ3) is 6.36. The van der Waals surface area contributed by atoms with Crippen molar-refractivity contribution in [2.75, 3.05) is 9.13 Å². The first-order valence-electron chi connectivity index (χ1n) is 14.6. The number of anilines is 4. The molecule has 0 N–H and O–H groups in total. The Morgan fingerprint density at radius 1 is 0.488 bits per heavy atom. The first-order chi connectivity index (χ1) is 19.6. The van der Waals surface area contributed by atoms with Crippen LogP contribution >= 0.6 is 0 Å². The van der Waals surface area contributed by atoms with Crippen molar-refractivity contribution in [1.82, 2.24) is 9.80 Å². The molecule has 5 heteroatoms. The van der Waals surface area contributed by atoms with Crippen LogP contribution in [0.15, 0.2) is 134 Å². The van der Waals surface area contributed by atoms with Crippen LogP contribution < -0.4 is 9.13 Å². The molecule has 0 saturated heterocycles. The molecule has 0 spiro atoms. The molecule has 4 aromatic carbocycles. The van der Waals surface area contributed by atoms with Crippen LogP contribution in [-0.4, -0.2) is 36.2 Å². The molecule has 0 aromatic heterocycles. The second kappa shape index (κ2) is 11.9. The first kappa shape index (κ1) is 28.6. The molecule has 1 radical (unpaired) electrons. The third-order valence-electron chi connectivity index (χ3n) is 7.52. The number of benzene rings is 4. The van der Waals surface area contributed by atoms with Crippen LogP contribution in [0.1, 0.15) is 41.5 Å². The van der Waals surface area contributed by atoms with Gasteiger partial charge in [0, 0.05) is 52.3 Å². The zero-order valence-electron chi connectivity index (χ0n) is 25.3. The predicted molar refractivity (Wildman–Crippen MR) is 177 cm³/mol. The largest absolute Gasteiger partial charge is 0.351 e. The van der Waals surface area contributed by atoms with Crippen LogP contribution in [0.25, 0.3) is 0 Å². The van der Waals surface area contributed by atoms with E-state index in [1.165, 1.54) is 22.7 Å². The van der Waals surface area contributed by atoms with E-state index in [0.717, 1.165) is 6.04 Å². The lowest BCUT2D eigenvalue weighted by atomic mass is 10.0. The van der Waals surface area contributed by atoms with Gasteiger partial charge in [-0.05, 0) is 90.1 Å². The normalized spacial score (nSPS) is 14.1. The van der Waals surface area contributed by atoms with Gasteiger partial charge in [0.05, 0.1) is 0 Å². The van der Waals surface area contributed by atoms with Crippen molar-refractivity contribution in [3.05, 3.63) is 134 Å². The van der Waals surface area contributed by atoms with Gasteiger partial charge in [-0.3, -0.25) is 0 Å². The van der Waals surface area contributed by atoms with Crippen molar-refractivity contribution >= 4 is 31.9 Å². The summed E-state index contributed by atoms with van der Waals surface area (Å²) in [5.74, 6) is 0. The van der Waals surface area contributed by atoms with Crippen molar-refractivity contribution in [2.24, 2.45) is 0 Å². The van der Waals surface area contributed by atoms with E-state index in [1.54, 1.807) is 0 Å². The molecule has 0 unspecified atom stereocenters. The molecule has 0 amide bonds. The molecule has 0 bridgehead atoms. The standard InChI is InChI=1S/C36H43N4Si/c1-35(2,3)37-27-28-38(36(4,5)6)34(37)29-41(39(30-19-11-7-12-20-30)31-21-13-8-14-22-31)40(32-23-15-9-16-24-32)33-25-17-10-18-26-33/h7-28,34H,29H2,1-6H3. The molecular weight excluding hydrogens is 517 g/mol. The highest BCUT2D eigenvalue weighted by Crippen LogP contribution is 2.40. The molecule has 1 aliphatic rings. The summed E-state index contributed by atoms with van der Waals surface area (Å²) < 4.78 is 5.23. The Morgan fingerprint density at radius 3 is 1.00 bits per heavy atom. The second-order valence-corrected chi connectivity index (χ2v) is 14.7. The third-order valence-corrected chi connectivity index (χ3v) is 10.3. The van der Waals surface area contributed by atoms with E-state index in [9.17, 15) is 0 Å². The first-order valence-corrected chi connectivity index (χ1v) is 16.2. The number of hydrogen-bond donors (Lipinski definition) is 0. The fourth-order valence-electron chi connectivity index (χ4n) is 5.66. The Morgan fingerprint density at radius 2 is 0.756 bits per heavy atom. The fraction of sp³-hybridized carbons (Fsp3) is 0.278. The summed E-state index contributed by atoms with van der Waals surface area (Å²) in [7, 11) is -1.55. The van der Waals surface area contributed by atoms with Crippen molar-refractivity contribution in [1.29, 1.82) is 0 Å². The quantitative estimate of drug-likeness (QED) is 0.200. The number of para-hydroxylation sites is 4. The highest BCUT2D eigenvalue weighted by molar-refractivity contribution is 6.70. The van der Waals surface area contributed by atoms with Gasteiger partial charge in [-0.1, -0.05) is 72.8 Å². The zero-order chi connectivity index (χ0) is 29.0. The molecule has 0 saturated carbocycles. The molecule has 4 nitrogen and oxygen atoms in total. The van der Waals surface area contributed by atoms with Gasteiger partial charge in [0.2, 0.25) is 0 Å². The van der Waals surface area contributed by atoms with E-state index < -0.39 is 9.12 Å². The molecule has 5 rings (SSSR count). The fourth-order valence-corrected chi connectivity index (χ4v) is 8.74. The molecule has 211 valence electrons. The minimum absolute atomic E-state index is 0.0250. The Kier molecular flexibility index (Phi) is 8.27. The number of nitrogens with zero attached hydrogens (tertiary/aromatic N) is 4. The summed E-state index contributed by atoms with van der Waals surface area (Å²) in [5.41, 5.74) is 4.78. The highest BCUT2D eigenvalue weighted by atomic mass is 28.3. The van der Waals surface area contributed by atoms with Crippen LogP contribution in [0.4, 0.5) is 22.7 Å². The van der Waals surface area contributed by atoms with E-state index in [0.29, 0.717) is 0 Å². The smallest absolute Gasteiger partial charge is 0.311 e. The summed E-state index contributed by atoms with van der Waals surface area (Å²) in [5, 5.41) is 0. The van der Waals surface area contributed by atoms with Crippen molar-refractivity contribution in [3.8, 4) is 0 Å². The summed E-state index contributed by atoms with van der Waals surface area (Å²) >= 11 is 0. The van der Waals surface area contributed by atoms with Crippen LogP contribution in [-0.2, 0) is 0 Å². The predicted octanol–water partition coefficient (Wildman–Crippen LogP) is 9.16. The van der Waals surface area contributed by atoms with E-state index in [2.05, 4.69) is 194 Å². The molecule has 0 atom stereocenters. The summed E-state index contributed by atoms with van der Waals surface area (Å²) in [6, 6.07) is 44.6. The van der Waals surface area contributed by atoms with E-state index in [4.69, 9.17) is 0 Å². The van der Waals surface area contributed by atoms with Gasteiger partial charge < -0.3 is 18.9 Å². The van der Waals surface area contributed by atoms with Gasteiger partial charge in [-0.2, -0.15) is 0 Å². The Bertz CT molecular complexity index is 1210. The Balaban J connectivity index is 1.74. The number of rotatable bonds is 8. The van der Waals surface area contributed by atoms with Crippen molar-refractivity contribution in [2.45, 2.75) is 64.8 Å². The molecule has 0 aliphatic carbocycles. The summed E-state index contributed by atoms with van der Waals surface area (Å²) in [6.45, 7) is 13.9. The molecule has 1 aliphatic heterocycles. The lowest BCUT2D eigenvalue weighted by molar-refractivity contribution is 0.0437.